The van der Waals surface area contributed by atoms with Crippen LogP contribution in [0.2, 0.25) is 0 Å². The smallest absolute Gasteiger partial charge is 0.272 e. The second kappa shape index (κ2) is 14.3. The number of hydrogen-bond acceptors (Lipinski definition) is 7. The molecule has 0 aliphatic rings. The molecule has 4 aromatic rings. The summed E-state index contributed by atoms with van der Waals surface area (Å²) in [4.78, 5) is 49.9. The molecule has 0 saturated carbocycles. The maximum absolute atomic E-state index is 13.3. The van der Waals surface area contributed by atoms with E-state index in [0.717, 1.165) is 4.90 Å². The summed E-state index contributed by atoms with van der Waals surface area (Å²) in [6, 6.07) is 28.0. The molecule has 3 N–H and O–H groups in total. The van der Waals surface area contributed by atoms with Crippen molar-refractivity contribution >= 4 is 52.6 Å². The molecule has 0 aliphatic heterocycles. The number of hydrogen-bond donors (Lipinski definition) is 3. The molecule has 10 nitrogen and oxygen atoms in total. The van der Waals surface area contributed by atoms with Crippen molar-refractivity contribution in [2.24, 2.45) is 0 Å². The molecule has 0 fully saturated rings. The molecule has 0 saturated heterocycles. The molecule has 3 amide bonds. The van der Waals surface area contributed by atoms with E-state index < -0.39 is 16.7 Å². The Balaban J connectivity index is 1.47. The van der Waals surface area contributed by atoms with Gasteiger partial charge in [0, 0.05) is 28.3 Å². The van der Waals surface area contributed by atoms with Gasteiger partial charge in [-0.25, -0.2) is 0 Å². The molecular weight excluding hydrogens is 556 g/mol. The summed E-state index contributed by atoms with van der Waals surface area (Å²) in [7, 11) is 1.53. The number of carbonyl (C=O) groups is 3. The van der Waals surface area contributed by atoms with Crippen molar-refractivity contribution in [3.63, 3.8) is 0 Å². The summed E-state index contributed by atoms with van der Waals surface area (Å²) in [5.41, 5.74) is 1.67. The fourth-order valence-corrected chi connectivity index (χ4v) is 4.50. The van der Waals surface area contributed by atoms with Crippen LogP contribution in [-0.4, -0.2) is 35.5 Å². The van der Waals surface area contributed by atoms with Gasteiger partial charge in [-0.2, -0.15) is 0 Å². The first kappa shape index (κ1) is 29.6. The lowest BCUT2D eigenvalue weighted by atomic mass is 10.1. The van der Waals surface area contributed by atoms with Gasteiger partial charge in [-0.05, 0) is 66.2 Å². The number of thioether (sulfide) groups is 1. The van der Waals surface area contributed by atoms with E-state index in [1.54, 1.807) is 66.7 Å². The molecule has 0 spiro atoms. The van der Waals surface area contributed by atoms with Crippen LogP contribution in [0, 0.1) is 10.1 Å². The van der Waals surface area contributed by atoms with Gasteiger partial charge in [0.15, 0.2) is 0 Å². The number of rotatable bonds is 11. The molecule has 4 rings (SSSR count). The predicted octanol–water partition coefficient (Wildman–Crippen LogP) is 5.74. The molecular formula is C31H26N4O6S. The van der Waals surface area contributed by atoms with Crippen molar-refractivity contribution in [2.75, 3.05) is 23.5 Å². The lowest BCUT2D eigenvalue weighted by Gasteiger charge is -2.12. The van der Waals surface area contributed by atoms with Crippen molar-refractivity contribution in [3.8, 4) is 5.75 Å². The van der Waals surface area contributed by atoms with Crippen LogP contribution in [0.4, 0.5) is 17.1 Å². The van der Waals surface area contributed by atoms with E-state index in [2.05, 4.69) is 16.0 Å². The molecule has 4 aromatic carbocycles. The number of nitrogens with one attached hydrogen (secondary N) is 3. The number of carbonyl (C=O) groups excluding carboxylic acids is 3. The van der Waals surface area contributed by atoms with E-state index >= 15 is 0 Å². The van der Waals surface area contributed by atoms with Crippen LogP contribution >= 0.6 is 11.8 Å². The Morgan fingerprint density at radius 2 is 1.60 bits per heavy atom. The number of nitro groups is 1. The van der Waals surface area contributed by atoms with E-state index in [-0.39, 0.29) is 23.0 Å². The first-order valence-corrected chi connectivity index (χ1v) is 13.6. The summed E-state index contributed by atoms with van der Waals surface area (Å²) in [5, 5.41) is 19.2. The fourth-order valence-electron chi connectivity index (χ4n) is 3.75. The van der Waals surface area contributed by atoms with Crippen molar-refractivity contribution in [2.45, 2.75) is 4.90 Å². The van der Waals surface area contributed by atoms with Gasteiger partial charge in [0.2, 0.25) is 5.91 Å². The minimum absolute atomic E-state index is 0.0630. The zero-order valence-corrected chi connectivity index (χ0v) is 23.2. The number of nitro benzene ring substituents is 1. The summed E-state index contributed by atoms with van der Waals surface area (Å²) in [6.45, 7) is 0. The minimum atomic E-state index is -0.603. The number of para-hydroxylation sites is 2. The van der Waals surface area contributed by atoms with E-state index in [4.69, 9.17) is 4.74 Å². The van der Waals surface area contributed by atoms with Crippen LogP contribution in [0.15, 0.2) is 114 Å². The molecule has 0 unspecified atom stereocenters. The normalized spacial score (nSPS) is 10.8. The van der Waals surface area contributed by atoms with Crippen LogP contribution in [0.3, 0.4) is 0 Å². The highest BCUT2D eigenvalue weighted by Crippen LogP contribution is 2.25. The van der Waals surface area contributed by atoms with Crippen LogP contribution in [0.1, 0.15) is 15.9 Å². The van der Waals surface area contributed by atoms with Crippen molar-refractivity contribution in [3.05, 3.63) is 130 Å². The Kier molecular flexibility index (Phi) is 10.1. The molecule has 0 bridgehead atoms. The Bertz CT molecular complexity index is 1620. The average molecular weight is 583 g/mol. The second-order valence-corrected chi connectivity index (χ2v) is 9.79. The van der Waals surface area contributed by atoms with Crippen molar-refractivity contribution in [1.29, 1.82) is 0 Å². The number of nitrogens with zero attached hydrogens (tertiary/aromatic N) is 1. The summed E-state index contributed by atoms with van der Waals surface area (Å²) in [5.74, 6) is -0.653. The molecule has 0 aliphatic carbocycles. The Morgan fingerprint density at radius 3 is 2.31 bits per heavy atom. The lowest BCUT2D eigenvalue weighted by Crippen LogP contribution is -2.30. The SMILES string of the molecule is COc1ccccc1NC(=O)CSc1cccc(NC(=O)/C(=C\c2ccc([N+](=O)[O-])cc2)NC(=O)c2ccccc2)c1. The second-order valence-electron chi connectivity index (χ2n) is 8.75. The van der Waals surface area contributed by atoms with Gasteiger partial charge in [0.1, 0.15) is 11.4 Å². The maximum Gasteiger partial charge on any atom is 0.272 e. The zero-order valence-electron chi connectivity index (χ0n) is 22.4. The van der Waals surface area contributed by atoms with Gasteiger partial charge in [0.25, 0.3) is 17.5 Å². The molecule has 0 heterocycles. The van der Waals surface area contributed by atoms with Crippen LogP contribution in [0.25, 0.3) is 6.08 Å². The quantitative estimate of drug-likeness (QED) is 0.0886. The Morgan fingerprint density at radius 1 is 0.881 bits per heavy atom. The number of benzene rings is 4. The zero-order chi connectivity index (χ0) is 29.9. The molecule has 0 radical (unpaired) electrons. The molecule has 0 aromatic heterocycles. The van der Waals surface area contributed by atoms with Gasteiger partial charge < -0.3 is 20.7 Å². The van der Waals surface area contributed by atoms with Crippen molar-refractivity contribution < 1.29 is 24.0 Å². The Hall–Kier alpha value is -5.42. The standard InChI is InChI=1S/C31H26N4O6S/c1-41-28-13-6-5-12-26(28)33-29(36)20-42-25-11-7-10-23(19-25)32-31(38)27(34-30(37)22-8-3-2-4-9-22)18-21-14-16-24(17-15-21)35(39)40/h2-19H,20H2,1H3,(H,32,38)(H,33,36)(H,34,37)/b27-18+. The van der Waals surface area contributed by atoms with Gasteiger partial charge in [-0.3, -0.25) is 24.5 Å². The van der Waals surface area contributed by atoms with Gasteiger partial charge >= 0.3 is 0 Å². The highest BCUT2D eigenvalue weighted by molar-refractivity contribution is 8.00. The first-order chi connectivity index (χ1) is 20.3. The van der Waals surface area contributed by atoms with Crippen LogP contribution in [0.5, 0.6) is 5.75 Å². The van der Waals surface area contributed by atoms with E-state index in [0.29, 0.717) is 28.3 Å². The monoisotopic (exact) mass is 582 g/mol. The van der Waals surface area contributed by atoms with Gasteiger partial charge in [-0.15, -0.1) is 11.8 Å². The molecule has 212 valence electrons. The third-order valence-corrected chi connectivity index (χ3v) is 6.78. The third kappa shape index (κ3) is 8.29. The highest BCUT2D eigenvalue weighted by Gasteiger charge is 2.16. The number of methoxy groups -OCH3 is 1. The topological polar surface area (TPSA) is 140 Å². The van der Waals surface area contributed by atoms with Gasteiger partial charge in [-0.1, -0.05) is 36.4 Å². The molecule has 11 heteroatoms. The molecule has 0 atom stereocenters. The minimum Gasteiger partial charge on any atom is -0.495 e. The summed E-state index contributed by atoms with van der Waals surface area (Å²) in [6.07, 6.45) is 1.43. The number of ether oxygens (including phenoxy) is 1. The van der Waals surface area contributed by atoms with E-state index in [9.17, 15) is 24.5 Å². The number of amides is 3. The van der Waals surface area contributed by atoms with Crippen LogP contribution in [-0.2, 0) is 9.59 Å². The third-order valence-electron chi connectivity index (χ3n) is 5.79. The average Bonchev–Trinajstić information content (AvgIpc) is 3.01. The maximum atomic E-state index is 13.3. The molecule has 42 heavy (non-hydrogen) atoms. The number of non-ortho nitro benzene ring substituents is 1. The van der Waals surface area contributed by atoms with E-state index in [1.807, 2.05) is 12.1 Å². The fraction of sp³-hybridized carbons (Fsp3) is 0.0645. The lowest BCUT2D eigenvalue weighted by molar-refractivity contribution is -0.384. The largest absolute Gasteiger partial charge is 0.495 e. The van der Waals surface area contributed by atoms with Gasteiger partial charge in [0.05, 0.1) is 23.5 Å². The summed E-state index contributed by atoms with van der Waals surface area (Å²) >= 11 is 1.28. The van der Waals surface area contributed by atoms with E-state index in [1.165, 1.54) is 49.2 Å². The Labute approximate surface area is 245 Å². The number of anilines is 2. The van der Waals surface area contributed by atoms with Crippen molar-refractivity contribution in [1.82, 2.24) is 5.32 Å². The highest BCUT2D eigenvalue weighted by atomic mass is 32.2. The summed E-state index contributed by atoms with van der Waals surface area (Å²) < 4.78 is 5.26. The first-order valence-electron chi connectivity index (χ1n) is 12.6. The van der Waals surface area contributed by atoms with Crippen LogP contribution < -0.4 is 20.7 Å². The predicted molar refractivity (Wildman–Crippen MR) is 162 cm³/mol.